The van der Waals surface area contributed by atoms with Crippen LogP contribution in [0.4, 0.5) is 5.69 Å². The van der Waals surface area contributed by atoms with Crippen LogP contribution in [0.15, 0.2) is 42.7 Å². The third kappa shape index (κ3) is 4.66. The van der Waals surface area contributed by atoms with E-state index in [0.717, 1.165) is 61.2 Å². The van der Waals surface area contributed by atoms with Gasteiger partial charge in [0.05, 0.1) is 28.8 Å². The van der Waals surface area contributed by atoms with Crippen LogP contribution in [0.1, 0.15) is 73.1 Å². The van der Waals surface area contributed by atoms with E-state index in [1.807, 2.05) is 0 Å². The van der Waals surface area contributed by atoms with Gasteiger partial charge in [0.15, 0.2) is 0 Å². The molecule has 0 radical (unpaired) electrons. The summed E-state index contributed by atoms with van der Waals surface area (Å²) >= 11 is 0. The molecule has 1 saturated heterocycles. The van der Waals surface area contributed by atoms with Crippen molar-refractivity contribution < 1.29 is 4.79 Å². The van der Waals surface area contributed by atoms with Crippen LogP contribution in [0.25, 0.3) is 16.4 Å². The summed E-state index contributed by atoms with van der Waals surface area (Å²) in [6.07, 6.45) is 8.34. The molecule has 0 bridgehead atoms. The fourth-order valence-electron chi connectivity index (χ4n) is 6.03. The van der Waals surface area contributed by atoms with E-state index < -0.39 is 0 Å². The smallest absolute Gasteiger partial charge is 0.274 e. The Hall–Kier alpha value is -3.74. The minimum absolute atomic E-state index is 0.217. The van der Waals surface area contributed by atoms with E-state index in [1.54, 1.807) is 22.7 Å². The van der Waals surface area contributed by atoms with Crippen molar-refractivity contribution in [2.75, 3.05) is 31.5 Å². The molecule has 1 saturated carbocycles. The first kappa shape index (κ1) is 24.6. The van der Waals surface area contributed by atoms with Crippen molar-refractivity contribution in [3.63, 3.8) is 0 Å². The van der Waals surface area contributed by atoms with Crippen molar-refractivity contribution >= 4 is 28.0 Å². The molecule has 1 amide bonds. The highest BCUT2D eigenvalue weighted by molar-refractivity contribution is 6.05. The van der Waals surface area contributed by atoms with Gasteiger partial charge in [-0.3, -0.25) is 14.4 Å². The average Bonchev–Trinajstić information content (AvgIpc) is 3.56. The molecule has 2 aliphatic rings. The van der Waals surface area contributed by atoms with Gasteiger partial charge in [-0.15, -0.1) is 0 Å². The number of fused-ring (bicyclic) bond motifs is 2. The van der Waals surface area contributed by atoms with Crippen molar-refractivity contribution in [1.82, 2.24) is 29.6 Å². The largest absolute Gasteiger partial charge is 0.320 e. The number of hydrogen-bond donors (Lipinski definition) is 2. The Morgan fingerprint density at radius 1 is 1.11 bits per heavy atom. The maximum Gasteiger partial charge on any atom is 0.274 e. The summed E-state index contributed by atoms with van der Waals surface area (Å²) in [5.41, 5.74) is 4.42. The Labute approximate surface area is 222 Å². The number of anilines is 1. The van der Waals surface area contributed by atoms with Crippen LogP contribution in [-0.4, -0.2) is 62.4 Å². The van der Waals surface area contributed by atoms with Crippen LogP contribution >= 0.6 is 0 Å². The Balaban J connectivity index is 1.22. The third-order valence-electron chi connectivity index (χ3n) is 8.13. The second-order valence-corrected chi connectivity index (χ2v) is 10.9. The molecule has 4 heterocycles. The van der Waals surface area contributed by atoms with Gasteiger partial charge in [-0.25, -0.2) is 4.52 Å². The van der Waals surface area contributed by atoms with Gasteiger partial charge in [-0.1, -0.05) is 13.8 Å². The number of carbonyl (C=O) groups is 1. The number of amides is 1. The number of rotatable bonds is 5. The molecule has 2 fully saturated rings. The molecule has 38 heavy (non-hydrogen) atoms. The first-order valence-corrected chi connectivity index (χ1v) is 13.7. The number of aromatic nitrogens is 4. The van der Waals surface area contributed by atoms with Crippen LogP contribution in [0.3, 0.4) is 0 Å². The first-order chi connectivity index (χ1) is 18.5. The van der Waals surface area contributed by atoms with Crippen molar-refractivity contribution in [1.29, 1.82) is 5.26 Å². The highest BCUT2D eigenvalue weighted by Gasteiger charge is 2.28. The molecule has 9 nitrogen and oxygen atoms in total. The highest BCUT2D eigenvalue weighted by atomic mass is 16.2. The average molecular weight is 511 g/mol. The lowest BCUT2D eigenvalue weighted by Gasteiger charge is -2.39. The summed E-state index contributed by atoms with van der Waals surface area (Å²) < 4.78 is 3.73. The number of nitrogens with zero attached hydrogens (tertiary/aromatic N) is 6. The molecule has 1 aromatic carbocycles. The van der Waals surface area contributed by atoms with Crippen LogP contribution < -0.4 is 10.6 Å². The topological polar surface area (TPSA) is 103 Å². The molecule has 0 unspecified atom stereocenters. The van der Waals surface area contributed by atoms with Gasteiger partial charge < -0.3 is 10.6 Å². The SMILES string of the molecule is CC(C)c1cc2nn(C3CCC(N4CCNCC4)CC3)cc2cc1NC(=O)c1ccc2cc(C#N)cnn12. The summed E-state index contributed by atoms with van der Waals surface area (Å²) in [6, 6.07) is 12.6. The van der Waals surface area contributed by atoms with E-state index in [-0.39, 0.29) is 11.8 Å². The molecule has 1 aliphatic heterocycles. The number of carbonyl (C=O) groups excluding carboxylic acids is 1. The molecule has 1 aliphatic carbocycles. The summed E-state index contributed by atoms with van der Waals surface area (Å²) in [5, 5.41) is 26.0. The van der Waals surface area contributed by atoms with E-state index in [1.165, 1.54) is 19.0 Å². The fourth-order valence-corrected chi connectivity index (χ4v) is 6.03. The first-order valence-electron chi connectivity index (χ1n) is 13.7. The maximum atomic E-state index is 13.3. The van der Waals surface area contributed by atoms with Gasteiger partial charge >= 0.3 is 0 Å². The van der Waals surface area contributed by atoms with E-state index in [2.05, 4.69) is 63.6 Å². The zero-order chi connectivity index (χ0) is 26.2. The normalized spacial score (nSPS) is 20.7. The summed E-state index contributed by atoms with van der Waals surface area (Å²) in [7, 11) is 0. The summed E-state index contributed by atoms with van der Waals surface area (Å²) in [4.78, 5) is 16.0. The lowest BCUT2D eigenvalue weighted by molar-refractivity contribution is 0.102. The van der Waals surface area contributed by atoms with Crippen molar-refractivity contribution in [2.24, 2.45) is 0 Å². The quantitative estimate of drug-likeness (QED) is 0.415. The van der Waals surface area contributed by atoms with E-state index in [0.29, 0.717) is 28.9 Å². The molecule has 0 atom stereocenters. The van der Waals surface area contributed by atoms with Crippen molar-refractivity contribution in [3.8, 4) is 6.07 Å². The molecule has 6 rings (SSSR count). The number of hydrogen-bond acceptors (Lipinski definition) is 6. The maximum absolute atomic E-state index is 13.3. The highest BCUT2D eigenvalue weighted by Crippen LogP contribution is 2.34. The lowest BCUT2D eigenvalue weighted by atomic mass is 9.90. The third-order valence-corrected chi connectivity index (χ3v) is 8.13. The van der Waals surface area contributed by atoms with Gasteiger partial charge in [0.2, 0.25) is 0 Å². The number of benzene rings is 1. The van der Waals surface area contributed by atoms with Gasteiger partial charge in [-0.2, -0.15) is 15.5 Å². The monoisotopic (exact) mass is 510 g/mol. The summed E-state index contributed by atoms with van der Waals surface area (Å²) in [6.45, 7) is 8.76. The predicted molar refractivity (Wildman–Crippen MR) is 147 cm³/mol. The molecule has 196 valence electrons. The molecule has 3 aromatic heterocycles. The fraction of sp³-hybridized carbons (Fsp3) is 0.448. The Kier molecular flexibility index (Phi) is 6.60. The standard InChI is InChI=1S/C29H34N8O/c1-19(2)25-15-26-21(18-36(34-26)23-5-3-22(4-6-23)35-11-9-31-10-12-35)14-27(25)33-29(38)28-8-7-24-13-20(16-30)17-32-37(24)28/h7-8,13-15,17-19,22-23,31H,3-6,9-12H2,1-2H3,(H,33,38). The van der Waals surface area contributed by atoms with Crippen LogP contribution in [0.2, 0.25) is 0 Å². The van der Waals surface area contributed by atoms with Crippen molar-refractivity contribution in [3.05, 3.63) is 59.5 Å². The Morgan fingerprint density at radius 2 is 1.87 bits per heavy atom. The van der Waals surface area contributed by atoms with Gasteiger partial charge in [0.25, 0.3) is 5.91 Å². The summed E-state index contributed by atoms with van der Waals surface area (Å²) in [5.74, 6) is -0.0169. The van der Waals surface area contributed by atoms with E-state index in [4.69, 9.17) is 10.4 Å². The van der Waals surface area contributed by atoms with Crippen LogP contribution in [0.5, 0.6) is 0 Å². The molecule has 0 spiro atoms. The second-order valence-electron chi connectivity index (χ2n) is 10.9. The number of nitrogens with one attached hydrogen (secondary N) is 2. The lowest BCUT2D eigenvalue weighted by Crippen LogP contribution is -2.49. The molecule has 4 aromatic rings. The minimum atomic E-state index is -0.234. The Bertz CT molecular complexity index is 1510. The van der Waals surface area contributed by atoms with Crippen molar-refractivity contribution in [2.45, 2.75) is 57.5 Å². The number of piperazine rings is 1. The number of nitriles is 1. The Morgan fingerprint density at radius 3 is 2.61 bits per heavy atom. The van der Waals surface area contributed by atoms with E-state index >= 15 is 0 Å². The molecular formula is C29H34N8O. The van der Waals surface area contributed by atoms with Gasteiger partial charge in [0, 0.05) is 49.5 Å². The zero-order valence-electron chi connectivity index (χ0n) is 22.0. The second kappa shape index (κ2) is 10.2. The van der Waals surface area contributed by atoms with E-state index in [9.17, 15) is 4.79 Å². The van der Waals surface area contributed by atoms with Crippen LogP contribution in [0, 0.1) is 11.3 Å². The zero-order valence-corrected chi connectivity index (χ0v) is 22.0. The molecule has 2 N–H and O–H groups in total. The van der Waals surface area contributed by atoms with Gasteiger partial charge in [-0.05, 0) is 67.5 Å². The van der Waals surface area contributed by atoms with Gasteiger partial charge in [0.1, 0.15) is 11.8 Å². The molecule has 9 heteroatoms. The predicted octanol–water partition coefficient (Wildman–Crippen LogP) is 4.32. The van der Waals surface area contributed by atoms with Crippen LogP contribution in [-0.2, 0) is 0 Å². The molecular weight excluding hydrogens is 476 g/mol. The minimum Gasteiger partial charge on any atom is -0.320 e.